The van der Waals surface area contributed by atoms with E-state index < -0.39 is 0 Å². The van der Waals surface area contributed by atoms with Gasteiger partial charge in [-0.2, -0.15) is 0 Å². The Hall–Kier alpha value is -1.97. The molecule has 0 aliphatic heterocycles. The topological polar surface area (TPSA) is 48.1 Å². The fraction of sp³-hybridized carbons (Fsp3) is 0.0625. The Bertz CT molecular complexity index is 805. The Labute approximate surface area is 132 Å². The molecular weight excluding hydrogens is 307 g/mol. The number of para-hydroxylation sites is 1. The summed E-state index contributed by atoms with van der Waals surface area (Å²) in [7, 11) is 0. The van der Waals surface area contributed by atoms with Crippen molar-refractivity contribution in [2.24, 2.45) is 0 Å². The highest BCUT2D eigenvalue weighted by atomic mass is 35.5. The minimum atomic E-state index is 0.312. The number of benzene rings is 2. The van der Waals surface area contributed by atoms with Crippen LogP contribution in [-0.2, 0) is 6.61 Å². The van der Waals surface area contributed by atoms with Crippen molar-refractivity contribution in [3.63, 3.8) is 0 Å². The van der Waals surface area contributed by atoms with Gasteiger partial charge in [0, 0.05) is 11.5 Å². The number of aromatic nitrogens is 1. The van der Waals surface area contributed by atoms with Crippen LogP contribution in [0.15, 0.2) is 48.5 Å². The second-order valence-corrected chi connectivity index (χ2v) is 5.40. The number of anilines is 1. The molecule has 0 aliphatic rings. The summed E-state index contributed by atoms with van der Waals surface area (Å²) >= 11 is 11.9. The molecule has 0 saturated heterocycles. The Morgan fingerprint density at radius 3 is 2.62 bits per heavy atom. The second kappa shape index (κ2) is 5.80. The molecular formula is C16H12Cl2N2O. The quantitative estimate of drug-likeness (QED) is 0.712. The lowest BCUT2D eigenvalue weighted by Crippen LogP contribution is -2.01. The van der Waals surface area contributed by atoms with E-state index in [0.717, 1.165) is 16.6 Å². The van der Waals surface area contributed by atoms with Gasteiger partial charge in [0.2, 0.25) is 0 Å². The van der Waals surface area contributed by atoms with Crippen LogP contribution in [-0.4, -0.2) is 4.98 Å². The van der Waals surface area contributed by atoms with Crippen LogP contribution < -0.4 is 10.5 Å². The van der Waals surface area contributed by atoms with Gasteiger partial charge in [-0.15, -0.1) is 0 Å². The Kier molecular flexibility index (Phi) is 3.86. The third-order valence-corrected chi connectivity index (χ3v) is 3.81. The molecule has 3 aromatic rings. The standard InChI is InChI=1S/C16H12Cl2N2O/c17-12-7-14(19)16(8-13(12)18)21-9-11-6-5-10-3-1-2-4-15(10)20-11/h1-8H,9,19H2. The molecule has 0 atom stereocenters. The summed E-state index contributed by atoms with van der Waals surface area (Å²) in [5.74, 6) is 0.499. The minimum Gasteiger partial charge on any atom is -0.485 e. The maximum atomic E-state index is 5.96. The highest BCUT2D eigenvalue weighted by Crippen LogP contribution is 2.32. The highest BCUT2D eigenvalue weighted by molar-refractivity contribution is 6.42. The summed E-state index contributed by atoms with van der Waals surface area (Å²) in [5.41, 5.74) is 8.06. The molecule has 106 valence electrons. The molecule has 2 N–H and O–H groups in total. The molecule has 0 spiro atoms. The summed E-state index contributed by atoms with van der Waals surface area (Å²) < 4.78 is 5.68. The maximum absolute atomic E-state index is 5.96. The number of nitrogens with zero attached hydrogens (tertiary/aromatic N) is 1. The lowest BCUT2D eigenvalue weighted by Gasteiger charge is -2.10. The van der Waals surface area contributed by atoms with Crippen LogP contribution in [0.4, 0.5) is 5.69 Å². The largest absolute Gasteiger partial charge is 0.485 e. The van der Waals surface area contributed by atoms with Gasteiger partial charge in [0.1, 0.15) is 12.4 Å². The number of nitrogens with two attached hydrogens (primary N) is 1. The third-order valence-electron chi connectivity index (χ3n) is 3.08. The Morgan fingerprint density at radius 2 is 1.76 bits per heavy atom. The average molecular weight is 319 g/mol. The van der Waals surface area contributed by atoms with Crippen molar-refractivity contribution >= 4 is 39.8 Å². The molecule has 0 fully saturated rings. The normalized spacial score (nSPS) is 10.8. The monoisotopic (exact) mass is 318 g/mol. The second-order valence-electron chi connectivity index (χ2n) is 4.59. The number of hydrogen-bond donors (Lipinski definition) is 1. The zero-order chi connectivity index (χ0) is 14.8. The van der Waals surface area contributed by atoms with E-state index >= 15 is 0 Å². The molecule has 3 nitrogen and oxygen atoms in total. The van der Waals surface area contributed by atoms with Crippen LogP contribution >= 0.6 is 23.2 Å². The van der Waals surface area contributed by atoms with E-state index in [0.29, 0.717) is 28.1 Å². The molecule has 1 heterocycles. The van der Waals surface area contributed by atoms with Crippen molar-refractivity contribution < 1.29 is 4.74 Å². The van der Waals surface area contributed by atoms with Crippen molar-refractivity contribution in [3.8, 4) is 5.75 Å². The number of pyridine rings is 1. The number of halogens is 2. The predicted molar refractivity (Wildman–Crippen MR) is 86.9 cm³/mol. The molecule has 0 aliphatic carbocycles. The van der Waals surface area contributed by atoms with Crippen molar-refractivity contribution in [2.75, 3.05) is 5.73 Å². The predicted octanol–water partition coefficient (Wildman–Crippen LogP) is 4.70. The van der Waals surface area contributed by atoms with Crippen molar-refractivity contribution in [2.45, 2.75) is 6.61 Å². The first kappa shape index (κ1) is 14.0. The van der Waals surface area contributed by atoms with Gasteiger partial charge in [-0.05, 0) is 18.2 Å². The van der Waals surface area contributed by atoms with Crippen LogP contribution in [0.25, 0.3) is 10.9 Å². The number of hydrogen-bond acceptors (Lipinski definition) is 3. The molecule has 3 rings (SSSR count). The summed E-state index contributed by atoms with van der Waals surface area (Å²) in [6.45, 7) is 0.312. The van der Waals surface area contributed by atoms with E-state index in [1.165, 1.54) is 0 Å². The van der Waals surface area contributed by atoms with Gasteiger partial charge in [-0.1, -0.05) is 47.5 Å². The zero-order valence-corrected chi connectivity index (χ0v) is 12.5. The SMILES string of the molecule is Nc1cc(Cl)c(Cl)cc1OCc1ccc2ccccc2n1. The van der Waals surface area contributed by atoms with Crippen LogP contribution in [0.1, 0.15) is 5.69 Å². The highest BCUT2D eigenvalue weighted by Gasteiger charge is 2.07. The van der Waals surface area contributed by atoms with E-state index in [4.69, 9.17) is 33.7 Å². The molecule has 21 heavy (non-hydrogen) atoms. The first-order chi connectivity index (χ1) is 10.1. The maximum Gasteiger partial charge on any atom is 0.144 e. The van der Waals surface area contributed by atoms with Crippen molar-refractivity contribution in [1.82, 2.24) is 4.98 Å². The number of rotatable bonds is 3. The van der Waals surface area contributed by atoms with E-state index in [2.05, 4.69) is 4.98 Å². The van der Waals surface area contributed by atoms with Crippen molar-refractivity contribution in [1.29, 1.82) is 0 Å². The van der Waals surface area contributed by atoms with Gasteiger partial charge in [-0.25, -0.2) is 4.98 Å². The van der Waals surface area contributed by atoms with Gasteiger partial charge >= 0.3 is 0 Å². The molecule has 0 saturated carbocycles. The van der Waals surface area contributed by atoms with Crippen LogP contribution in [0.5, 0.6) is 5.75 Å². The van der Waals surface area contributed by atoms with Gasteiger partial charge in [0.25, 0.3) is 0 Å². The van der Waals surface area contributed by atoms with Gasteiger partial charge in [-0.3, -0.25) is 0 Å². The lowest BCUT2D eigenvalue weighted by molar-refractivity contribution is 0.303. The Balaban J connectivity index is 1.81. The first-order valence-corrected chi connectivity index (χ1v) is 7.11. The lowest BCUT2D eigenvalue weighted by atomic mass is 10.2. The fourth-order valence-electron chi connectivity index (χ4n) is 2.01. The third kappa shape index (κ3) is 3.04. The van der Waals surface area contributed by atoms with Crippen LogP contribution in [0, 0.1) is 0 Å². The molecule has 2 aromatic carbocycles. The smallest absolute Gasteiger partial charge is 0.144 e. The van der Waals surface area contributed by atoms with E-state index in [1.54, 1.807) is 12.1 Å². The first-order valence-electron chi connectivity index (χ1n) is 6.35. The number of ether oxygens (including phenoxy) is 1. The van der Waals surface area contributed by atoms with E-state index in [1.807, 2.05) is 36.4 Å². The van der Waals surface area contributed by atoms with E-state index in [-0.39, 0.29) is 0 Å². The molecule has 5 heteroatoms. The number of fused-ring (bicyclic) bond motifs is 1. The van der Waals surface area contributed by atoms with Gasteiger partial charge in [0.05, 0.1) is 26.9 Å². The molecule has 0 amide bonds. The number of nitrogen functional groups attached to an aromatic ring is 1. The van der Waals surface area contributed by atoms with Crippen LogP contribution in [0.2, 0.25) is 10.0 Å². The molecule has 1 aromatic heterocycles. The van der Waals surface area contributed by atoms with Crippen LogP contribution in [0.3, 0.4) is 0 Å². The average Bonchev–Trinajstić information content (AvgIpc) is 2.49. The summed E-state index contributed by atoms with van der Waals surface area (Å²) in [5, 5.41) is 1.91. The Morgan fingerprint density at radius 1 is 1.00 bits per heavy atom. The molecule has 0 radical (unpaired) electrons. The zero-order valence-electron chi connectivity index (χ0n) is 11.0. The van der Waals surface area contributed by atoms with Gasteiger partial charge < -0.3 is 10.5 Å². The summed E-state index contributed by atoms with van der Waals surface area (Å²) in [4.78, 5) is 4.54. The molecule has 0 unspecified atom stereocenters. The summed E-state index contributed by atoms with van der Waals surface area (Å²) in [6.07, 6.45) is 0. The molecule has 0 bridgehead atoms. The minimum absolute atomic E-state index is 0.312. The van der Waals surface area contributed by atoms with E-state index in [9.17, 15) is 0 Å². The van der Waals surface area contributed by atoms with Crippen molar-refractivity contribution in [3.05, 3.63) is 64.3 Å². The fourth-order valence-corrected chi connectivity index (χ4v) is 2.34. The van der Waals surface area contributed by atoms with Gasteiger partial charge in [0.15, 0.2) is 0 Å². The summed E-state index contributed by atoms with van der Waals surface area (Å²) in [6, 6.07) is 15.0.